The maximum atomic E-state index is 13.3. The number of benzene rings is 1. The molecule has 2 aliphatic carbocycles. The third-order valence-electron chi connectivity index (χ3n) is 7.82. The first-order chi connectivity index (χ1) is 15.4. The second-order valence-electron chi connectivity index (χ2n) is 10.0. The van der Waals surface area contributed by atoms with Crippen LogP contribution in [0.25, 0.3) is 11.0 Å². The molecule has 0 unspecified atom stereocenters. The van der Waals surface area contributed by atoms with Gasteiger partial charge in [0.25, 0.3) is 5.91 Å². The van der Waals surface area contributed by atoms with E-state index in [1.165, 1.54) is 0 Å². The summed E-state index contributed by atoms with van der Waals surface area (Å²) in [5.74, 6) is 0.731. The molecule has 6 heteroatoms. The molecule has 1 saturated carbocycles. The molecule has 1 saturated heterocycles. The Labute approximate surface area is 188 Å². The van der Waals surface area contributed by atoms with Crippen LogP contribution in [0.1, 0.15) is 68.6 Å². The SMILES string of the molecule is Cc1cc(O[C@H](C)C(=O)N2CC[C@@]3(O)CCCC[C@@H]3C2)c2c3c(c(=O)oc2c1)CCCC3. The van der Waals surface area contributed by atoms with Gasteiger partial charge in [0.05, 0.1) is 11.0 Å². The first-order valence-electron chi connectivity index (χ1n) is 12.1. The van der Waals surface area contributed by atoms with Gasteiger partial charge in [-0.3, -0.25) is 4.79 Å². The summed E-state index contributed by atoms with van der Waals surface area (Å²) in [5, 5.41) is 11.8. The average Bonchev–Trinajstić information content (AvgIpc) is 2.77. The Morgan fingerprint density at radius 1 is 1.19 bits per heavy atom. The Morgan fingerprint density at radius 2 is 1.97 bits per heavy atom. The van der Waals surface area contributed by atoms with Gasteiger partial charge in [0, 0.05) is 24.6 Å². The molecule has 1 aromatic heterocycles. The Balaban J connectivity index is 1.42. The zero-order valence-electron chi connectivity index (χ0n) is 19.1. The number of carbonyl (C=O) groups is 1. The largest absolute Gasteiger partial charge is 0.480 e. The zero-order valence-corrected chi connectivity index (χ0v) is 19.1. The van der Waals surface area contributed by atoms with Gasteiger partial charge < -0.3 is 19.2 Å². The second kappa shape index (κ2) is 8.22. The Hall–Kier alpha value is -2.34. The number of nitrogens with zero attached hydrogens (tertiary/aromatic N) is 1. The van der Waals surface area contributed by atoms with Crippen LogP contribution in [0, 0.1) is 12.8 Å². The molecule has 1 aromatic carbocycles. The highest BCUT2D eigenvalue weighted by Gasteiger charge is 2.44. The lowest BCUT2D eigenvalue weighted by atomic mass is 9.71. The molecule has 32 heavy (non-hydrogen) atoms. The van der Waals surface area contributed by atoms with Gasteiger partial charge in [0.2, 0.25) is 0 Å². The van der Waals surface area contributed by atoms with E-state index in [1.807, 2.05) is 24.0 Å². The van der Waals surface area contributed by atoms with E-state index in [1.54, 1.807) is 6.92 Å². The summed E-state index contributed by atoms with van der Waals surface area (Å²) in [4.78, 5) is 27.6. The molecular weight excluding hydrogens is 406 g/mol. The van der Waals surface area contributed by atoms with Crippen LogP contribution in [-0.4, -0.2) is 40.7 Å². The van der Waals surface area contributed by atoms with Crippen molar-refractivity contribution in [3.63, 3.8) is 0 Å². The van der Waals surface area contributed by atoms with Crippen molar-refractivity contribution in [3.8, 4) is 5.75 Å². The summed E-state index contributed by atoms with van der Waals surface area (Å²) >= 11 is 0. The quantitative estimate of drug-likeness (QED) is 0.734. The molecule has 1 aliphatic heterocycles. The van der Waals surface area contributed by atoms with E-state index in [4.69, 9.17) is 9.15 Å². The Morgan fingerprint density at radius 3 is 2.78 bits per heavy atom. The summed E-state index contributed by atoms with van der Waals surface area (Å²) in [7, 11) is 0. The van der Waals surface area contributed by atoms with Gasteiger partial charge >= 0.3 is 5.63 Å². The summed E-state index contributed by atoms with van der Waals surface area (Å²) in [6.07, 6.45) is 7.57. The molecule has 2 heterocycles. The Kier molecular flexibility index (Phi) is 5.52. The van der Waals surface area contributed by atoms with Crippen molar-refractivity contribution in [3.05, 3.63) is 39.2 Å². The summed E-state index contributed by atoms with van der Waals surface area (Å²) in [6, 6.07) is 3.82. The van der Waals surface area contributed by atoms with Gasteiger partial charge in [-0.05, 0) is 82.1 Å². The summed E-state index contributed by atoms with van der Waals surface area (Å²) in [5.41, 5.74) is 2.38. The zero-order chi connectivity index (χ0) is 22.5. The third kappa shape index (κ3) is 3.72. The fraction of sp³-hybridized carbons (Fsp3) is 0.615. The number of piperidine rings is 1. The molecule has 0 spiro atoms. The van der Waals surface area contributed by atoms with Crippen LogP contribution >= 0.6 is 0 Å². The minimum Gasteiger partial charge on any atom is -0.480 e. The third-order valence-corrected chi connectivity index (χ3v) is 7.82. The van der Waals surface area contributed by atoms with Crippen LogP contribution in [-0.2, 0) is 17.6 Å². The molecule has 6 nitrogen and oxygen atoms in total. The predicted molar refractivity (Wildman–Crippen MR) is 122 cm³/mol. The average molecular weight is 440 g/mol. The number of aryl methyl sites for hydroxylation is 2. The topological polar surface area (TPSA) is 80.0 Å². The lowest BCUT2D eigenvalue weighted by molar-refractivity contribution is -0.149. The number of fused-ring (bicyclic) bond motifs is 4. The van der Waals surface area contributed by atoms with E-state index in [0.29, 0.717) is 30.8 Å². The van der Waals surface area contributed by atoms with Crippen LogP contribution in [0.15, 0.2) is 21.3 Å². The number of hydrogen-bond acceptors (Lipinski definition) is 5. The first-order valence-corrected chi connectivity index (χ1v) is 12.1. The van der Waals surface area contributed by atoms with E-state index in [9.17, 15) is 14.7 Å². The number of ether oxygens (including phenoxy) is 1. The van der Waals surface area contributed by atoms with Crippen molar-refractivity contribution in [2.75, 3.05) is 13.1 Å². The number of amides is 1. The minimum absolute atomic E-state index is 0.0430. The van der Waals surface area contributed by atoms with Crippen molar-refractivity contribution >= 4 is 16.9 Å². The van der Waals surface area contributed by atoms with E-state index < -0.39 is 11.7 Å². The number of hydrogen-bond donors (Lipinski definition) is 1. The number of carbonyl (C=O) groups excluding carboxylic acids is 1. The van der Waals surface area contributed by atoms with E-state index in [-0.39, 0.29) is 17.5 Å². The molecular formula is C26H33NO5. The fourth-order valence-electron chi connectivity index (χ4n) is 6.03. The van der Waals surface area contributed by atoms with Gasteiger partial charge in [-0.1, -0.05) is 12.8 Å². The van der Waals surface area contributed by atoms with Gasteiger partial charge in [0.15, 0.2) is 6.10 Å². The van der Waals surface area contributed by atoms with E-state index >= 15 is 0 Å². The van der Waals surface area contributed by atoms with Crippen LogP contribution in [0.3, 0.4) is 0 Å². The Bertz CT molecular complexity index is 1110. The lowest BCUT2D eigenvalue weighted by Crippen LogP contribution is -2.56. The van der Waals surface area contributed by atoms with Crippen LogP contribution < -0.4 is 10.4 Å². The standard InChI is InChI=1S/C26H33NO5/c1-16-13-21(23-19-8-3-4-9-20(19)25(29)32-22(23)14-16)31-17(2)24(28)27-12-11-26(30)10-6-5-7-18(26)15-27/h13-14,17-18,30H,3-12,15H2,1-2H3/t17-,18-,26+/m1/s1. The van der Waals surface area contributed by atoms with Gasteiger partial charge in [-0.25, -0.2) is 4.79 Å². The van der Waals surface area contributed by atoms with Crippen molar-refractivity contribution in [1.82, 2.24) is 4.90 Å². The van der Waals surface area contributed by atoms with E-state index in [0.717, 1.165) is 73.4 Å². The number of rotatable bonds is 3. The normalized spacial score (nSPS) is 26.3. The van der Waals surface area contributed by atoms with Crippen LogP contribution in [0.5, 0.6) is 5.75 Å². The van der Waals surface area contributed by atoms with Crippen LogP contribution in [0.4, 0.5) is 0 Å². The first kappa shape index (κ1) is 21.5. The maximum absolute atomic E-state index is 13.3. The van der Waals surface area contributed by atoms with Gasteiger partial charge in [0.1, 0.15) is 11.3 Å². The van der Waals surface area contributed by atoms with Gasteiger partial charge in [-0.15, -0.1) is 0 Å². The van der Waals surface area contributed by atoms with Crippen molar-refractivity contribution < 1.29 is 19.1 Å². The summed E-state index contributed by atoms with van der Waals surface area (Å²) < 4.78 is 11.9. The van der Waals surface area contributed by atoms with Crippen LogP contribution in [0.2, 0.25) is 0 Å². The molecule has 3 atom stereocenters. The van der Waals surface area contributed by atoms with Crippen molar-refractivity contribution in [1.29, 1.82) is 0 Å². The molecule has 2 aromatic rings. The fourth-order valence-corrected chi connectivity index (χ4v) is 6.03. The van der Waals surface area contributed by atoms with E-state index in [2.05, 4.69) is 0 Å². The highest BCUT2D eigenvalue weighted by atomic mass is 16.5. The highest BCUT2D eigenvalue weighted by Crippen LogP contribution is 2.40. The van der Waals surface area contributed by atoms with Crippen molar-refractivity contribution in [2.45, 2.75) is 83.3 Å². The minimum atomic E-state index is -0.652. The summed E-state index contributed by atoms with van der Waals surface area (Å²) in [6.45, 7) is 4.90. The molecule has 0 bridgehead atoms. The molecule has 5 rings (SSSR count). The maximum Gasteiger partial charge on any atom is 0.339 e. The molecule has 3 aliphatic rings. The number of aliphatic hydroxyl groups is 1. The highest BCUT2D eigenvalue weighted by molar-refractivity contribution is 5.89. The molecule has 1 amide bonds. The molecule has 172 valence electrons. The van der Waals surface area contributed by atoms with Crippen molar-refractivity contribution in [2.24, 2.45) is 5.92 Å². The molecule has 0 radical (unpaired) electrons. The molecule has 1 N–H and O–H groups in total. The smallest absolute Gasteiger partial charge is 0.339 e. The predicted octanol–water partition coefficient (Wildman–Crippen LogP) is 3.90. The monoisotopic (exact) mass is 439 g/mol. The van der Waals surface area contributed by atoms with Gasteiger partial charge in [-0.2, -0.15) is 0 Å². The second-order valence-corrected chi connectivity index (χ2v) is 10.0. The molecule has 2 fully saturated rings. The lowest BCUT2D eigenvalue weighted by Gasteiger charge is -2.47. The number of likely N-dealkylation sites (tertiary alicyclic amines) is 1.